The largest absolute Gasteiger partial charge is 0.451 e. The summed E-state index contributed by atoms with van der Waals surface area (Å²) in [5.41, 5.74) is 1.64. The summed E-state index contributed by atoms with van der Waals surface area (Å²) in [7, 11) is -1.63. The van der Waals surface area contributed by atoms with Crippen molar-refractivity contribution in [2.45, 2.75) is 30.3 Å². The van der Waals surface area contributed by atoms with Gasteiger partial charge in [0.2, 0.25) is 0 Å². The summed E-state index contributed by atoms with van der Waals surface area (Å²) in [4.78, 5) is 8.83. The monoisotopic (exact) mass is 360 g/mol. The van der Waals surface area contributed by atoms with E-state index >= 15 is 0 Å². The van der Waals surface area contributed by atoms with Gasteiger partial charge in [0, 0.05) is 38.3 Å². The summed E-state index contributed by atoms with van der Waals surface area (Å²) in [6.07, 6.45) is 5.03. The molecule has 0 atom stereocenters. The highest BCUT2D eigenvalue weighted by molar-refractivity contribution is 7.90. The highest BCUT2D eigenvalue weighted by Gasteiger charge is 2.33. The normalized spacial score (nSPS) is 20.3. The molecule has 1 saturated heterocycles. The minimum absolute atomic E-state index is 0.272. The fraction of sp³-hybridized carbons (Fsp3) is 0.412. The Hall–Kier alpha value is -2.19. The number of sulfonamides is 1. The first-order valence-electron chi connectivity index (χ1n) is 8.31. The number of oxazole rings is 1. The minimum atomic E-state index is -3.57. The molecule has 0 amide bonds. The molecule has 0 N–H and O–H groups in total. The van der Waals surface area contributed by atoms with Gasteiger partial charge in [0.15, 0.2) is 12.2 Å². The number of nitrogens with zero attached hydrogens (tertiary/aromatic N) is 4. The second kappa shape index (κ2) is 6.27. The van der Waals surface area contributed by atoms with Crippen LogP contribution in [0.15, 0.2) is 50.6 Å². The number of hydrogen-bond acceptors (Lipinski definition) is 6. The van der Waals surface area contributed by atoms with Crippen LogP contribution >= 0.6 is 0 Å². The molecule has 1 aromatic carbocycles. The van der Waals surface area contributed by atoms with Gasteiger partial charge in [-0.25, -0.2) is 4.98 Å². The van der Waals surface area contributed by atoms with E-state index in [1.807, 2.05) is 24.1 Å². The molecule has 4 rings (SSSR count). The molecule has 1 fully saturated rings. The van der Waals surface area contributed by atoms with Crippen LogP contribution < -0.4 is 0 Å². The summed E-state index contributed by atoms with van der Waals surface area (Å²) in [6, 6.07) is 7.30. The van der Waals surface area contributed by atoms with E-state index in [9.17, 15) is 8.42 Å². The first-order chi connectivity index (χ1) is 12.0. The number of fused-ring (bicyclic) bond motifs is 1. The van der Waals surface area contributed by atoms with Gasteiger partial charge in [-0.05, 0) is 25.0 Å². The fourth-order valence-electron chi connectivity index (χ4n) is 3.53. The van der Waals surface area contributed by atoms with Crippen molar-refractivity contribution in [3.05, 3.63) is 48.2 Å². The third-order valence-electron chi connectivity index (χ3n) is 4.92. The van der Waals surface area contributed by atoms with Crippen molar-refractivity contribution in [2.75, 3.05) is 20.1 Å². The summed E-state index contributed by atoms with van der Waals surface area (Å²) >= 11 is 0. The first kappa shape index (κ1) is 16.3. The Labute approximate surface area is 147 Å². The Morgan fingerprint density at radius 1 is 1.28 bits per heavy atom. The molecule has 132 valence electrons. The molecule has 0 unspecified atom stereocenters. The van der Waals surface area contributed by atoms with Crippen LogP contribution in [0.2, 0.25) is 0 Å². The number of hydrogen-bond donors (Lipinski definition) is 0. The lowest BCUT2D eigenvalue weighted by Gasteiger charge is -2.37. The molecule has 7 nitrogen and oxygen atoms in total. The Morgan fingerprint density at radius 3 is 2.76 bits per heavy atom. The predicted molar refractivity (Wildman–Crippen MR) is 92.7 cm³/mol. The van der Waals surface area contributed by atoms with Gasteiger partial charge in [-0.3, -0.25) is 4.90 Å². The predicted octanol–water partition coefficient (Wildman–Crippen LogP) is 1.72. The lowest BCUT2D eigenvalue weighted by atomic mass is 10.0. The highest BCUT2D eigenvalue weighted by atomic mass is 32.2. The van der Waals surface area contributed by atoms with Crippen molar-refractivity contribution in [1.29, 1.82) is 0 Å². The van der Waals surface area contributed by atoms with Crippen molar-refractivity contribution >= 4 is 15.9 Å². The maximum Gasteiger partial charge on any atom is 0.285 e. The van der Waals surface area contributed by atoms with E-state index in [2.05, 4.69) is 14.3 Å². The molecule has 2 aromatic rings. The molecule has 8 heteroatoms. The van der Waals surface area contributed by atoms with E-state index in [-0.39, 0.29) is 6.04 Å². The Bertz CT molecular complexity index is 884. The quantitative estimate of drug-likeness (QED) is 0.829. The van der Waals surface area contributed by atoms with Crippen LogP contribution in [0.4, 0.5) is 0 Å². The molecule has 0 spiro atoms. The molecule has 1 aromatic heterocycles. The van der Waals surface area contributed by atoms with Crippen LogP contribution in [-0.2, 0) is 16.6 Å². The molecule has 2 aliphatic rings. The molecule has 0 aliphatic carbocycles. The molecule has 25 heavy (non-hydrogen) atoms. The van der Waals surface area contributed by atoms with Crippen LogP contribution in [-0.4, -0.2) is 55.2 Å². The van der Waals surface area contributed by atoms with E-state index in [1.165, 1.54) is 6.39 Å². The summed E-state index contributed by atoms with van der Waals surface area (Å²) in [6.45, 7) is 2.65. The maximum absolute atomic E-state index is 12.2. The van der Waals surface area contributed by atoms with Crippen molar-refractivity contribution < 1.29 is 12.8 Å². The number of benzene rings is 1. The van der Waals surface area contributed by atoms with E-state index < -0.39 is 10.0 Å². The third-order valence-corrected chi connectivity index (χ3v) is 6.25. The number of amidine groups is 1. The molecule has 3 heterocycles. The van der Waals surface area contributed by atoms with Crippen molar-refractivity contribution in [3.63, 3.8) is 0 Å². The van der Waals surface area contributed by atoms with Gasteiger partial charge in [-0.1, -0.05) is 12.1 Å². The summed E-state index contributed by atoms with van der Waals surface area (Å²) < 4.78 is 33.5. The fourth-order valence-corrected chi connectivity index (χ4v) is 4.77. The zero-order chi connectivity index (χ0) is 17.4. The SMILES string of the molecule is CN(C1=NS(=O)(=O)c2ccccc21)C1CCN(Cc2cocn2)CC1. The van der Waals surface area contributed by atoms with Crippen LogP contribution in [0, 0.1) is 0 Å². The average Bonchev–Trinajstić information content (AvgIpc) is 3.22. The van der Waals surface area contributed by atoms with Gasteiger partial charge in [-0.15, -0.1) is 4.40 Å². The smallest absolute Gasteiger partial charge is 0.285 e. The van der Waals surface area contributed by atoms with Gasteiger partial charge in [0.1, 0.15) is 11.2 Å². The number of aromatic nitrogens is 1. The van der Waals surface area contributed by atoms with Gasteiger partial charge in [-0.2, -0.15) is 8.42 Å². The number of likely N-dealkylation sites (tertiary alicyclic amines) is 1. The second-order valence-corrected chi connectivity index (χ2v) is 8.06. The summed E-state index contributed by atoms with van der Waals surface area (Å²) in [5, 5.41) is 0. The zero-order valence-electron chi connectivity index (χ0n) is 14.0. The molecule has 0 saturated carbocycles. The van der Waals surface area contributed by atoms with E-state index in [0.717, 1.165) is 38.2 Å². The van der Waals surface area contributed by atoms with Crippen LogP contribution in [0.1, 0.15) is 24.1 Å². The average molecular weight is 360 g/mol. The van der Waals surface area contributed by atoms with Gasteiger partial charge < -0.3 is 9.32 Å². The standard InChI is InChI=1S/C17H20N4O3S/c1-20(17-15-4-2-3-5-16(15)25(22,23)19-17)14-6-8-21(9-7-14)10-13-11-24-12-18-13/h2-5,11-12,14H,6-10H2,1H3. The molecule has 0 radical (unpaired) electrons. The number of piperidine rings is 1. The van der Waals surface area contributed by atoms with E-state index in [0.29, 0.717) is 16.3 Å². The van der Waals surface area contributed by atoms with E-state index in [1.54, 1.807) is 18.4 Å². The Kier molecular flexibility index (Phi) is 4.09. The lowest BCUT2D eigenvalue weighted by molar-refractivity contribution is 0.158. The van der Waals surface area contributed by atoms with Crippen molar-refractivity contribution in [3.8, 4) is 0 Å². The van der Waals surface area contributed by atoms with Crippen LogP contribution in [0.25, 0.3) is 0 Å². The second-order valence-electron chi connectivity index (χ2n) is 6.48. The molecule has 2 aliphatic heterocycles. The van der Waals surface area contributed by atoms with Gasteiger partial charge >= 0.3 is 0 Å². The molecular formula is C17H20N4O3S. The molecular weight excluding hydrogens is 340 g/mol. The summed E-state index contributed by atoms with van der Waals surface area (Å²) in [5.74, 6) is 0.561. The maximum atomic E-state index is 12.2. The zero-order valence-corrected chi connectivity index (χ0v) is 14.8. The Balaban J connectivity index is 1.45. The van der Waals surface area contributed by atoms with Crippen molar-refractivity contribution in [2.24, 2.45) is 4.40 Å². The first-order valence-corrected chi connectivity index (χ1v) is 9.75. The Morgan fingerprint density at radius 2 is 2.04 bits per heavy atom. The minimum Gasteiger partial charge on any atom is -0.451 e. The molecule has 0 bridgehead atoms. The van der Waals surface area contributed by atoms with Gasteiger partial charge in [0.05, 0.1) is 5.69 Å². The third kappa shape index (κ3) is 3.07. The van der Waals surface area contributed by atoms with E-state index in [4.69, 9.17) is 4.42 Å². The van der Waals surface area contributed by atoms with Gasteiger partial charge in [0.25, 0.3) is 10.0 Å². The number of rotatable bonds is 3. The lowest BCUT2D eigenvalue weighted by Crippen LogP contribution is -2.45. The highest BCUT2D eigenvalue weighted by Crippen LogP contribution is 2.29. The van der Waals surface area contributed by atoms with Crippen LogP contribution in [0.5, 0.6) is 0 Å². The van der Waals surface area contributed by atoms with Crippen LogP contribution in [0.3, 0.4) is 0 Å². The van der Waals surface area contributed by atoms with Crippen molar-refractivity contribution in [1.82, 2.24) is 14.8 Å². The topological polar surface area (TPSA) is 79.0 Å².